The molecule has 0 saturated carbocycles. The highest BCUT2D eigenvalue weighted by Gasteiger charge is 2.02. The highest BCUT2D eigenvalue weighted by molar-refractivity contribution is 5.66. The fourth-order valence-corrected chi connectivity index (χ4v) is 1.57. The highest BCUT2D eigenvalue weighted by atomic mass is 16.5. The number of rotatable bonds is 10. The molecule has 0 heterocycles. The van der Waals surface area contributed by atoms with E-state index >= 15 is 0 Å². The number of carbonyl (C=O) groups is 1. The maximum absolute atomic E-state index is 11.2. The van der Waals surface area contributed by atoms with E-state index in [9.17, 15) is 4.79 Å². The molecule has 0 spiro atoms. The van der Waals surface area contributed by atoms with E-state index in [4.69, 9.17) is 4.74 Å². The zero-order valence-corrected chi connectivity index (χ0v) is 11.8. The van der Waals surface area contributed by atoms with E-state index in [1.165, 1.54) is 38.5 Å². The number of unbranched alkanes of at least 4 members (excludes halogenated alkanes) is 6. The van der Waals surface area contributed by atoms with Gasteiger partial charge in [-0.05, 0) is 12.3 Å². The second-order valence-electron chi connectivity index (χ2n) is 5.04. The van der Waals surface area contributed by atoms with E-state index in [0.29, 0.717) is 12.5 Å². The zero-order chi connectivity index (χ0) is 12.9. The lowest BCUT2D eigenvalue weighted by Crippen LogP contribution is -2.26. The van der Waals surface area contributed by atoms with Crippen LogP contribution in [0, 0.1) is 5.92 Å². The Morgan fingerprint density at radius 2 is 1.65 bits per heavy atom. The van der Waals surface area contributed by atoms with E-state index in [2.05, 4.69) is 12.2 Å². The molecule has 0 aliphatic carbocycles. The first-order chi connectivity index (χ1) is 8.16. The van der Waals surface area contributed by atoms with Crippen molar-refractivity contribution >= 4 is 6.09 Å². The largest absolute Gasteiger partial charge is 0.449 e. The molecule has 0 saturated heterocycles. The summed E-state index contributed by atoms with van der Waals surface area (Å²) in [6, 6.07) is 0. The van der Waals surface area contributed by atoms with Crippen LogP contribution in [-0.2, 0) is 4.74 Å². The Kier molecular flexibility index (Phi) is 11.2. The van der Waals surface area contributed by atoms with E-state index in [-0.39, 0.29) is 6.09 Å². The van der Waals surface area contributed by atoms with Crippen molar-refractivity contribution in [1.29, 1.82) is 0 Å². The predicted molar refractivity (Wildman–Crippen MR) is 72.2 cm³/mol. The molecule has 0 aromatic heterocycles. The summed E-state index contributed by atoms with van der Waals surface area (Å²) in [5.74, 6) is 0.402. The standard InChI is InChI=1S/C14H29NO2/c1-4-5-6-7-8-9-10-11-15-14(16)17-12-13(2)3/h13H,4-12H2,1-3H3,(H,15,16). The van der Waals surface area contributed by atoms with Gasteiger partial charge in [-0.1, -0.05) is 59.3 Å². The van der Waals surface area contributed by atoms with Gasteiger partial charge in [-0.25, -0.2) is 4.79 Å². The summed E-state index contributed by atoms with van der Waals surface area (Å²) in [6.45, 7) is 7.54. The van der Waals surface area contributed by atoms with Gasteiger partial charge in [-0.15, -0.1) is 0 Å². The summed E-state index contributed by atoms with van der Waals surface area (Å²) in [4.78, 5) is 11.2. The van der Waals surface area contributed by atoms with Crippen LogP contribution in [0.5, 0.6) is 0 Å². The van der Waals surface area contributed by atoms with Gasteiger partial charge in [0.2, 0.25) is 0 Å². The SMILES string of the molecule is CCCCCCCCCNC(=O)OCC(C)C. The van der Waals surface area contributed by atoms with Gasteiger partial charge in [0.1, 0.15) is 0 Å². The molecule has 3 nitrogen and oxygen atoms in total. The molecule has 0 unspecified atom stereocenters. The Balaban J connectivity index is 3.14. The minimum Gasteiger partial charge on any atom is -0.449 e. The third-order valence-electron chi connectivity index (χ3n) is 2.60. The van der Waals surface area contributed by atoms with Crippen molar-refractivity contribution in [2.24, 2.45) is 5.92 Å². The van der Waals surface area contributed by atoms with Crippen molar-refractivity contribution in [3.05, 3.63) is 0 Å². The highest BCUT2D eigenvalue weighted by Crippen LogP contribution is 2.06. The molecule has 17 heavy (non-hydrogen) atoms. The molecule has 0 atom stereocenters. The smallest absolute Gasteiger partial charge is 0.407 e. The monoisotopic (exact) mass is 243 g/mol. The lowest BCUT2D eigenvalue weighted by molar-refractivity contribution is 0.133. The molecule has 0 rings (SSSR count). The van der Waals surface area contributed by atoms with E-state index in [1.807, 2.05) is 13.8 Å². The molecule has 0 aliphatic heterocycles. The molecule has 1 N–H and O–H groups in total. The Morgan fingerprint density at radius 1 is 1.06 bits per heavy atom. The Bertz CT molecular complexity index is 181. The van der Waals surface area contributed by atoms with Gasteiger partial charge in [0, 0.05) is 6.54 Å². The van der Waals surface area contributed by atoms with Crippen LogP contribution in [0.4, 0.5) is 4.79 Å². The number of carbonyl (C=O) groups excluding carboxylic acids is 1. The number of alkyl carbamates (subject to hydrolysis) is 1. The molecule has 0 fully saturated rings. The van der Waals surface area contributed by atoms with Crippen LogP contribution in [0.25, 0.3) is 0 Å². The summed E-state index contributed by atoms with van der Waals surface area (Å²) in [5.41, 5.74) is 0. The molecule has 0 bridgehead atoms. The van der Waals surface area contributed by atoms with Crippen LogP contribution >= 0.6 is 0 Å². The number of hydrogen-bond acceptors (Lipinski definition) is 2. The van der Waals surface area contributed by atoms with E-state index < -0.39 is 0 Å². The molecular formula is C14H29NO2. The van der Waals surface area contributed by atoms with Crippen LogP contribution in [-0.4, -0.2) is 19.2 Å². The second-order valence-corrected chi connectivity index (χ2v) is 5.04. The lowest BCUT2D eigenvalue weighted by atomic mass is 10.1. The summed E-state index contributed by atoms with van der Waals surface area (Å²) >= 11 is 0. The summed E-state index contributed by atoms with van der Waals surface area (Å²) < 4.78 is 5.01. The first kappa shape index (κ1) is 16.3. The van der Waals surface area contributed by atoms with Crippen molar-refractivity contribution in [3.8, 4) is 0 Å². The minimum absolute atomic E-state index is 0.273. The van der Waals surface area contributed by atoms with Gasteiger partial charge < -0.3 is 10.1 Å². The zero-order valence-electron chi connectivity index (χ0n) is 11.8. The second kappa shape index (κ2) is 11.7. The summed E-state index contributed by atoms with van der Waals surface area (Å²) in [6.07, 6.45) is 8.58. The number of ether oxygens (including phenoxy) is 1. The van der Waals surface area contributed by atoms with Crippen LogP contribution in [0.1, 0.15) is 65.7 Å². The average Bonchev–Trinajstić information content (AvgIpc) is 2.30. The third kappa shape index (κ3) is 13.2. The van der Waals surface area contributed by atoms with Gasteiger partial charge in [0.15, 0.2) is 0 Å². The maximum Gasteiger partial charge on any atom is 0.407 e. The fourth-order valence-electron chi connectivity index (χ4n) is 1.57. The molecule has 0 aliphatic rings. The van der Waals surface area contributed by atoms with Gasteiger partial charge in [-0.2, -0.15) is 0 Å². The van der Waals surface area contributed by atoms with Crippen LogP contribution in [0.15, 0.2) is 0 Å². The van der Waals surface area contributed by atoms with Crippen molar-refractivity contribution in [1.82, 2.24) is 5.32 Å². The van der Waals surface area contributed by atoms with Crippen LogP contribution in [0.3, 0.4) is 0 Å². The average molecular weight is 243 g/mol. The van der Waals surface area contributed by atoms with E-state index in [1.54, 1.807) is 0 Å². The summed E-state index contributed by atoms with van der Waals surface area (Å²) in [7, 11) is 0. The van der Waals surface area contributed by atoms with Crippen molar-refractivity contribution in [3.63, 3.8) is 0 Å². The molecular weight excluding hydrogens is 214 g/mol. The predicted octanol–water partition coefficient (Wildman–Crippen LogP) is 4.12. The summed E-state index contributed by atoms with van der Waals surface area (Å²) in [5, 5.41) is 2.78. The van der Waals surface area contributed by atoms with Gasteiger partial charge >= 0.3 is 6.09 Å². The van der Waals surface area contributed by atoms with Crippen molar-refractivity contribution < 1.29 is 9.53 Å². The molecule has 0 radical (unpaired) electrons. The Morgan fingerprint density at radius 3 is 2.24 bits per heavy atom. The first-order valence-corrected chi connectivity index (χ1v) is 7.07. The number of amides is 1. The maximum atomic E-state index is 11.2. The number of hydrogen-bond donors (Lipinski definition) is 1. The van der Waals surface area contributed by atoms with Gasteiger partial charge in [0.25, 0.3) is 0 Å². The molecule has 3 heteroatoms. The quantitative estimate of drug-likeness (QED) is 0.586. The third-order valence-corrected chi connectivity index (χ3v) is 2.60. The minimum atomic E-state index is -0.273. The molecule has 102 valence electrons. The topological polar surface area (TPSA) is 38.3 Å². The van der Waals surface area contributed by atoms with E-state index in [0.717, 1.165) is 13.0 Å². The fraction of sp³-hybridized carbons (Fsp3) is 0.929. The lowest BCUT2D eigenvalue weighted by Gasteiger charge is -2.08. The van der Waals surface area contributed by atoms with Crippen LogP contribution in [0.2, 0.25) is 0 Å². The Hall–Kier alpha value is -0.730. The van der Waals surface area contributed by atoms with Gasteiger partial charge in [-0.3, -0.25) is 0 Å². The van der Waals surface area contributed by atoms with Gasteiger partial charge in [0.05, 0.1) is 6.61 Å². The van der Waals surface area contributed by atoms with Crippen LogP contribution < -0.4 is 5.32 Å². The first-order valence-electron chi connectivity index (χ1n) is 7.07. The molecule has 0 aromatic carbocycles. The van der Waals surface area contributed by atoms with Crippen molar-refractivity contribution in [2.45, 2.75) is 65.7 Å². The van der Waals surface area contributed by atoms with Crippen molar-refractivity contribution in [2.75, 3.05) is 13.2 Å². The molecule has 1 amide bonds. The Labute approximate surface area is 106 Å². The number of nitrogens with one attached hydrogen (secondary N) is 1. The molecule has 0 aromatic rings. The normalized spacial score (nSPS) is 10.6.